The van der Waals surface area contributed by atoms with Gasteiger partial charge >= 0.3 is 7.25 Å². The lowest BCUT2D eigenvalue weighted by Gasteiger charge is -2.42. The lowest BCUT2D eigenvalue weighted by molar-refractivity contribution is -0.0831. The van der Waals surface area contributed by atoms with E-state index in [0.717, 1.165) is 6.42 Å². The third kappa shape index (κ3) is 5.12. The minimum atomic E-state index is -3.74. The van der Waals surface area contributed by atoms with Crippen LogP contribution in [0.5, 0.6) is 0 Å². The van der Waals surface area contributed by atoms with Crippen molar-refractivity contribution in [2.75, 3.05) is 13.2 Å². The van der Waals surface area contributed by atoms with Crippen molar-refractivity contribution in [3.63, 3.8) is 0 Å². The van der Waals surface area contributed by atoms with E-state index in [0.29, 0.717) is 19.1 Å². The second kappa shape index (κ2) is 8.61. The third-order valence-corrected chi connectivity index (χ3v) is 6.69. The zero-order valence-electron chi connectivity index (χ0n) is 17.2. The fourth-order valence-corrected chi connectivity index (χ4v) is 4.32. The zero-order valence-corrected chi connectivity index (χ0v) is 18.0. The molecular formula is C19H32BNO5S. The summed E-state index contributed by atoms with van der Waals surface area (Å²) in [5.74, 6) is 0.520. The molecular weight excluding hydrogens is 365 g/mol. The van der Waals surface area contributed by atoms with Gasteiger partial charge in [0.1, 0.15) is 0 Å². The molecule has 2 rings (SSSR count). The number of ether oxygens (including phenoxy) is 1. The molecule has 8 heteroatoms. The molecule has 0 amide bonds. The summed E-state index contributed by atoms with van der Waals surface area (Å²) in [7, 11) is -4.78. The molecule has 1 aromatic rings. The fourth-order valence-electron chi connectivity index (χ4n) is 3.32. The lowest BCUT2D eigenvalue weighted by Crippen LogP contribution is -2.52. The Kier molecular flexibility index (Phi) is 7.14. The predicted octanol–water partition coefficient (Wildman–Crippen LogP) is 3.23. The smallest absolute Gasteiger partial charge is 0.389 e. The van der Waals surface area contributed by atoms with Gasteiger partial charge in [-0.15, -0.1) is 0 Å². The first-order chi connectivity index (χ1) is 12.5. The molecule has 1 aliphatic rings. The quantitative estimate of drug-likeness (QED) is 0.648. The van der Waals surface area contributed by atoms with Gasteiger partial charge in [-0.3, -0.25) is 0 Å². The summed E-state index contributed by atoms with van der Waals surface area (Å²) in [6.45, 7) is 13.3. The summed E-state index contributed by atoms with van der Waals surface area (Å²) >= 11 is 0. The average Bonchev–Trinajstić information content (AvgIpc) is 2.80. The molecule has 1 heterocycles. The largest absolute Gasteiger partial charge is 0.570 e. The van der Waals surface area contributed by atoms with Crippen molar-refractivity contribution in [3.05, 3.63) is 30.3 Å². The van der Waals surface area contributed by atoms with Crippen molar-refractivity contribution < 1.29 is 22.5 Å². The van der Waals surface area contributed by atoms with Crippen molar-refractivity contribution in [1.82, 2.24) is 4.63 Å². The summed E-state index contributed by atoms with van der Waals surface area (Å²) in [4.78, 5) is 0.177. The molecule has 6 nitrogen and oxygen atoms in total. The number of nitrogens with one attached hydrogen (secondary N) is 1. The maximum absolute atomic E-state index is 12.6. The molecule has 0 bridgehead atoms. The molecule has 0 aromatic heterocycles. The van der Waals surface area contributed by atoms with E-state index in [-0.39, 0.29) is 10.8 Å². The molecule has 0 spiro atoms. The topological polar surface area (TPSA) is 73.9 Å². The van der Waals surface area contributed by atoms with Crippen LogP contribution >= 0.6 is 0 Å². The second-order valence-corrected chi connectivity index (χ2v) is 9.87. The fraction of sp³-hybridized carbons (Fsp3) is 0.684. The Hall–Kier alpha value is -0.925. The summed E-state index contributed by atoms with van der Waals surface area (Å²) < 4.78 is 45.7. The normalized spacial score (nSPS) is 23.7. The second-order valence-electron chi connectivity index (χ2n) is 8.16. The minimum Gasteiger partial charge on any atom is -0.389 e. The molecule has 1 saturated heterocycles. The van der Waals surface area contributed by atoms with Gasteiger partial charge in [0.15, 0.2) is 0 Å². The van der Waals surface area contributed by atoms with E-state index >= 15 is 0 Å². The molecule has 2 atom stereocenters. The molecule has 1 fully saturated rings. The van der Waals surface area contributed by atoms with Gasteiger partial charge in [-0.1, -0.05) is 39.0 Å². The van der Waals surface area contributed by atoms with Gasteiger partial charge in [-0.25, -0.2) is 8.42 Å². The molecule has 0 saturated carbocycles. The van der Waals surface area contributed by atoms with Crippen LogP contribution in [0.1, 0.15) is 48.0 Å². The Labute approximate surface area is 164 Å². The van der Waals surface area contributed by atoms with Crippen LogP contribution < -0.4 is 4.63 Å². The van der Waals surface area contributed by atoms with E-state index in [2.05, 4.69) is 25.4 Å². The van der Waals surface area contributed by atoms with Crippen LogP contribution in [-0.2, 0) is 24.1 Å². The minimum absolute atomic E-state index is 0.0671. The van der Waals surface area contributed by atoms with Gasteiger partial charge in [0.05, 0.1) is 22.7 Å². The van der Waals surface area contributed by atoms with E-state index in [1.165, 1.54) is 12.1 Å². The summed E-state index contributed by atoms with van der Waals surface area (Å²) in [5, 5.41) is 0. The van der Waals surface area contributed by atoms with E-state index in [4.69, 9.17) is 14.0 Å². The molecule has 2 unspecified atom stereocenters. The van der Waals surface area contributed by atoms with Crippen molar-refractivity contribution in [2.24, 2.45) is 11.8 Å². The highest BCUT2D eigenvalue weighted by molar-refractivity contribution is 7.90. The number of sulfonamides is 1. The summed E-state index contributed by atoms with van der Waals surface area (Å²) in [6.07, 6.45) is 0.833. The Morgan fingerprint density at radius 3 is 2.30 bits per heavy atom. The molecule has 0 aliphatic carbocycles. The maximum Gasteiger partial charge on any atom is 0.570 e. The van der Waals surface area contributed by atoms with Crippen LogP contribution in [0, 0.1) is 11.8 Å². The average molecular weight is 397 g/mol. The number of rotatable bonds is 9. The predicted molar refractivity (Wildman–Crippen MR) is 107 cm³/mol. The van der Waals surface area contributed by atoms with Crippen molar-refractivity contribution in [3.8, 4) is 0 Å². The number of hydrogen-bond donors (Lipinski definition) is 1. The van der Waals surface area contributed by atoms with Gasteiger partial charge in [0.2, 0.25) is 10.0 Å². The van der Waals surface area contributed by atoms with Crippen LogP contribution in [0.4, 0.5) is 0 Å². The van der Waals surface area contributed by atoms with Crippen LogP contribution in [0.25, 0.3) is 0 Å². The van der Waals surface area contributed by atoms with Gasteiger partial charge in [-0.05, 0) is 45.2 Å². The number of hydrogen-bond acceptors (Lipinski definition) is 5. The highest BCUT2D eigenvalue weighted by Gasteiger charge is 2.58. The monoisotopic (exact) mass is 397 g/mol. The van der Waals surface area contributed by atoms with Gasteiger partial charge in [0, 0.05) is 12.5 Å². The van der Waals surface area contributed by atoms with E-state index < -0.39 is 28.5 Å². The first-order valence-electron chi connectivity index (χ1n) is 9.52. The van der Waals surface area contributed by atoms with Crippen molar-refractivity contribution in [1.29, 1.82) is 0 Å². The Morgan fingerprint density at radius 1 is 1.11 bits per heavy atom. The molecule has 1 aliphatic heterocycles. The number of benzene rings is 1. The van der Waals surface area contributed by atoms with E-state index in [1.807, 2.05) is 20.8 Å². The first-order valence-corrected chi connectivity index (χ1v) is 11.0. The van der Waals surface area contributed by atoms with E-state index in [1.54, 1.807) is 18.2 Å². The Bertz CT molecular complexity index is 710. The molecule has 27 heavy (non-hydrogen) atoms. The Balaban J connectivity index is 2.13. The molecule has 0 radical (unpaired) electrons. The Morgan fingerprint density at radius 2 is 1.74 bits per heavy atom. The van der Waals surface area contributed by atoms with E-state index in [9.17, 15) is 8.42 Å². The van der Waals surface area contributed by atoms with Crippen LogP contribution in [0.2, 0.25) is 0 Å². The van der Waals surface area contributed by atoms with Gasteiger partial charge in [0.25, 0.3) is 0 Å². The highest BCUT2D eigenvalue weighted by Crippen LogP contribution is 2.43. The SMILES string of the molecule is CCC(COCC(C)C)C1(C)OB(NS(=O)(=O)c2ccccc2)OC1(C)C. The molecule has 1 N–H and O–H groups in total. The molecule has 1 aromatic carbocycles. The standard InChI is InChI=1S/C19H32BNO5S/c1-7-16(14-24-13-15(2)3)19(6)18(4,5)25-20(26-19)21-27(22,23)17-11-9-8-10-12-17/h8-12,15-16,21H,7,13-14H2,1-6H3. The van der Waals surface area contributed by atoms with Crippen molar-refractivity contribution in [2.45, 2.75) is 64.1 Å². The summed E-state index contributed by atoms with van der Waals surface area (Å²) in [6, 6.07) is 8.20. The first kappa shape index (κ1) is 22.4. The maximum atomic E-state index is 12.6. The molecule has 152 valence electrons. The highest BCUT2D eigenvalue weighted by atomic mass is 32.2. The third-order valence-electron chi connectivity index (χ3n) is 5.30. The van der Waals surface area contributed by atoms with Gasteiger partial charge in [-0.2, -0.15) is 4.63 Å². The zero-order chi connectivity index (χ0) is 20.3. The van der Waals surface area contributed by atoms with Crippen LogP contribution in [-0.4, -0.2) is 40.1 Å². The van der Waals surface area contributed by atoms with Crippen LogP contribution in [0.3, 0.4) is 0 Å². The van der Waals surface area contributed by atoms with Crippen LogP contribution in [0.15, 0.2) is 35.2 Å². The lowest BCUT2D eigenvalue weighted by atomic mass is 9.76. The van der Waals surface area contributed by atoms with Gasteiger partial charge < -0.3 is 14.0 Å². The summed E-state index contributed by atoms with van der Waals surface area (Å²) in [5.41, 5.74) is -1.37. The van der Waals surface area contributed by atoms with Crippen molar-refractivity contribution >= 4 is 17.3 Å².